The Hall–Kier alpha value is -3.86. The van der Waals surface area contributed by atoms with Gasteiger partial charge in [-0.3, -0.25) is 0 Å². The summed E-state index contributed by atoms with van der Waals surface area (Å²) in [6.07, 6.45) is 29.1. The first-order chi connectivity index (χ1) is 28.6. The zero-order valence-corrected chi connectivity index (χ0v) is 37.7. The van der Waals surface area contributed by atoms with Crippen LogP contribution in [0, 0.1) is 0 Å². The van der Waals surface area contributed by atoms with Gasteiger partial charge in [-0.15, -0.1) is 0 Å². The fourth-order valence-electron chi connectivity index (χ4n) is 8.64. The third kappa shape index (κ3) is 12.6. The molecule has 0 saturated carbocycles. The van der Waals surface area contributed by atoms with Crippen LogP contribution in [-0.4, -0.2) is 10.7 Å². The first kappa shape index (κ1) is 42.3. The summed E-state index contributed by atoms with van der Waals surface area (Å²) < 4.78 is 4.79. The standard InChI is InChI=1S/C36H42N2.C18H20Br2/c1-3-11-35-27-37(25-21-31(35)9-1)23-5-7-29-13-17-33(18-14-29)34-19-15-30(16-20-34)8-6-24-38-26-22-32-10-2-4-12-36(32)28-38;19-13-1-3-15-5-9-17(10-6-15)18-11-7-16(8-12-18)4-2-14-20/h13-22,25-28H,1-12,23-24H2;5-12H,1-4,13-14H2/q+2;. The summed E-state index contributed by atoms with van der Waals surface area (Å²) in [4.78, 5) is 0. The Morgan fingerprint density at radius 2 is 0.638 bits per heavy atom. The van der Waals surface area contributed by atoms with Gasteiger partial charge in [-0.1, -0.05) is 129 Å². The zero-order valence-electron chi connectivity index (χ0n) is 34.5. The van der Waals surface area contributed by atoms with Crippen molar-refractivity contribution >= 4 is 31.9 Å². The number of rotatable bonds is 16. The van der Waals surface area contributed by atoms with Crippen LogP contribution in [0.4, 0.5) is 0 Å². The lowest BCUT2D eigenvalue weighted by molar-refractivity contribution is -0.697. The predicted octanol–water partition coefficient (Wildman–Crippen LogP) is 13.0. The van der Waals surface area contributed by atoms with Crippen LogP contribution < -0.4 is 9.13 Å². The SMILES string of the molecule is BrCCCc1ccc(-c2ccc(CCCBr)cc2)cc1.c1cc(-c2ccc(CCC[n+]3ccc4c(c3)CCCC4)cc2)ccc1CCC[n+]1ccc2c(c1)CCCC2. The Morgan fingerprint density at radius 3 is 0.948 bits per heavy atom. The number of alkyl halides is 2. The Kier molecular flexibility index (Phi) is 16.4. The highest BCUT2D eigenvalue weighted by atomic mass is 79.9. The molecule has 0 saturated heterocycles. The lowest BCUT2D eigenvalue weighted by Crippen LogP contribution is -2.34. The van der Waals surface area contributed by atoms with Crippen molar-refractivity contribution in [3.05, 3.63) is 178 Å². The molecule has 0 spiro atoms. The van der Waals surface area contributed by atoms with Gasteiger partial charge in [0.25, 0.3) is 0 Å². The van der Waals surface area contributed by atoms with E-state index < -0.39 is 0 Å². The van der Waals surface area contributed by atoms with Gasteiger partial charge in [0.1, 0.15) is 13.1 Å². The van der Waals surface area contributed by atoms with E-state index in [1.807, 2.05) is 0 Å². The van der Waals surface area contributed by atoms with E-state index in [0.29, 0.717) is 0 Å². The van der Waals surface area contributed by atoms with Crippen LogP contribution in [0.15, 0.2) is 134 Å². The van der Waals surface area contributed by atoms with E-state index in [9.17, 15) is 0 Å². The third-order valence-corrected chi connectivity index (χ3v) is 13.3. The summed E-state index contributed by atoms with van der Waals surface area (Å²) in [6.45, 7) is 2.20. The summed E-state index contributed by atoms with van der Waals surface area (Å²) in [5.74, 6) is 0. The molecule has 2 aliphatic carbocycles. The maximum absolute atomic E-state index is 3.48. The fraction of sp³-hybridized carbons (Fsp3) is 0.370. The van der Waals surface area contributed by atoms with Gasteiger partial charge in [-0.05, 0) is 146 Å². The monoisotopic (exact) mass is 896 g/mol. The van der Waals surface area contributed by atoms with Crippen LogP contribution in [0.3, 0.4) is 0 Å². The molecular formula is C54H62Br2N2+2. The molecule has 0 unspecified atom stereocenters. The quantitative estimate of drug-likeness (QED) is 0.0675. The highest BCUT2D eigenvalue weighted by Gasteiger charge is 2.15. The molecule has 0 amide bonds. The molecule has 0 atom stereocenters. The average molecular weight is 899 g/mol. The first-order valence-electron chi connectivity index (χ1n) is 22.1. The molecule has 0 radical (unpaired) electrons. The minimum Gasteiger partial charge on any atom is -0.205 e. The zero-order chi connectivity index (χ0) is 39.8. The van der Waals surface area contributed by atoms with Gasteiger partial charge < -0.3 is 0 Å². The summed E-state index contributed by atoms with van der Waals surface area (Å²) in [5.41, 5.74) is 17.2. The summed E-state index contributed by atoms with van der Waals surface area (Å²) in [5, 5.41) is 2.15. The maximum atomic E-state index is 3.48. The summed E-state index contributed by atoms with van der Waals surface area (Å²) >= 11 is 6.96. The predicted molar refractivity (Wildman–Crippen MR) is 251 cm³/mol. The van der Waals surface area contributed by atoms with Crippen molar-refractivity contribution in [2.45, 2.75) is 116 Å². The van der Waals surface area contributed by atoms with Crippen LogP contribution >= 0.6 is 31.9 Å². The second-order valence-electron chi connectivity index (χ2n) is 16.5. The molecule has 0 bridgehead atoms. The van der Waals surface area contributed by atoms with Gasteiger partial charge in [-0.2, -0.15) is 0 Å². The lowest BCUT2D eigenvalue weighted by Gasteiger charge is -2.13. The Bertz CT molecular complexity index is 1980. The number of hydrogen-bond donors (Lipinski definition) is 0. The fourth-order valence-corrected chi connectivity index (χ4v) is 9.21. The van der Waals surface area contributed by atoms with Crippen LogP contribution in [0.25, 0.3) is 22.3 Å². The number of aromatic nitrogens is 2. The molecule has 6 aromatic rings. The second kappa shape index (κ2) is 22.5. The molecular weight excluding hydrogens is 836 g/mol. The normalized spacial score (nSPS) is 13.3. The number of fused-ring (bicyclic) bond motifs is 2. The minimum absolute atomic E-state index is 1.07. The molecule has 2 aromatic heterocycles. The van der Waals surface area contributed by atoms with E-state index in [1.54, 1.807) is 22.3 Å². The van der Waals surface area contributed by atoms with Crippen molar-refractivity contribution in [2.75, 3.05) is 10.7 Å². The van der Waals surface area contributed by atoms with E-state index in [-0.39, 0.29) is 0 Å². The van der Waals surface area contributed by atoms with Crippen LogP contribution in [0.1, 0.15) is 95.9 Å². The Labute approximate surface area is 366 Å². The highest BCUT2D eigenvalue weighted by molar-refractivity contribution is 9.09. The first-order valence-corrected chi connectivity index (χ1v) is 24.4. The molecule has 8 rings (SSSR count). The van der Waals surface area contributed by atoms with E-state index in [4.69, 9.17) is 0 Å². The maximum Gasteiger partial charge on any atom is 0.172 e. The van der Waals surface area contributed by atoms with Gasteiger partial charge in [0.2, 0.25) is 0 Å². The summed E-state index contributed by atoms with van der Waals surface area (Å²) in [7, 11) is 0. The number of nitrogens with zero attached hydrogens (tertiary/aromatic N) is 2. The molecule has 4 aromatic carbocycles. The molecule has 2 aliphatic rings. The molecule has 300 valence electrons. The lowest BCUT2D eigenvalue weighted by atomic mass is 9.93. The van der Waals surface area contributed by atoms with Crippen molar-refractivity contribution in [2.24, 2.45) is 0 Å². The van der Waals surface area contributed by atoms with Gasteiger partial charge in [0.05, 0.1) is 0 Å². The third-order valence-electron chi connectivity index (χ3n) is 12.1. The van der Waals surface area contributed by atoms with Crippen LogP contribution in [0.5, 0.6) is 0 Å². The molecule has 2 nitrogen and oxygen atoms in total. The van der Waals surface area contributed by atoms with Crippen molar-refractivity contribution in [1.82, 2.24) is 0 Å². The topological polar surface area (TPSA) is 7.76 Å². The van der Waals surface area contributed by atoms with E-state index >= 15 is 0 Å². The van der Waals surface area contributed by atoms with E-state index in [1.165, 1.54) is 122 Å². The molecule has 0 aliphatic heterocycles. The molecule has 0 N–H and O–H groups in total. The molecule has 58 heavy (non-hydrogen) atoms. The number of aryl methyl sites for hydroxylation is 10. The van der Waals surface area contributed by atoms with Crippen molar-refractivity contribution in [1.29, 1.82) is 0 Å². The average Bonchev–Trinajstić information content (AvgIpc) is 3.28. The number of benzene rings is 4. The Balaban J connectivity index is 0.000000216. The molecule has 2 heterocycles. The van der Waals surface area contributed by atoms with Crippen LogP contribution in [-0.2, 0) is 64.5 Å². The number of hydrogen-bond acceptors (Lipinski definition) is 0. The van der Waals surface area contributed by atoms with Gasteiger partial charge in [0, 0.05) is 46.8 Å². The largest absolute Gasteiger partial charge is 0.205 e. The Morgan fingerprint density at radius 1 is 0.345 bits per heavy atom. The van der Waals surface area contributed by atoms with Gasteiger partial charge in [-0.25, -0.2) is 9.13 Å². The van der Waals surface area contributed by atoms with E-state index in [2.05, 4.69) is 175 Å². The smallest absolute Gasteiger partial charge is 0.172 e. The number of pyridine rings is 2. The van der Waals surface area contributed by atoms with Crippen molar-refractivity contribution in [3.63, 3.8) is 0 Å². The molecule has 4 heteroatoms. The minimum atomic E-state index is 1.07. The molecule has 0 fully saturated rings. The van der Waals surface area contributed by atoms with E-state index in [0.717, 1.165) is 49.4 Å². The number of halogens is 2. The van der Waals surface area contributed by atoms with Crippen molar-refractivity contribution in [3.8, 4) is 22.3 Å². The van der Waals surface area contributed by atoms with Crippen molar-refractivity contribution < 1.29 is 9.13 Å². The summed E-state index contributed by atoms with van der Waals surface area (Å²) in [6, 6.07) is 41.1. The second-order valence-corrected chi connectivity index (χ2v) is 18.0. The highest BCUT2D eigenvalue weighted by Crippen LogP contribution is 2.24. The van der Waals surface area contributed by atoms with Crippen LogP contribution in [0.2, 0.25) is 0 Å². The van der Waals surface area contributed by atoms with Gasteiger partial charge >= 0.3 is 0 Å². The van der Waals surface area contributed by atoms with Gasteiger partial charge in [0.15, 0.2) is 24.8 Å².